The van der Waals surface area contributed by atoms with E-state index in [1.165, 1.54) is 26.4 Å². The largest absolute Gasteiger partial charge is 0.493 e. The van der Waals surface area contributed by atoms with Crippen molar-refractivity contribution in [2.75, 3.05) is 27.4 Å². The van der Waals surface area contributed by atoms with E-state index in [-0.39, 0.29) is 5.56 Å². The number of benzene rings is 1. The summed E-state index contributed by atoms with van der Waals surface area (Å²) in [6.45, 7) is 1.76. The summed E-state index contributed by atoms with van der Waals surface area (Å²) in [7, 11) is 2.64. The quantitative estimate of drug-likeness (QED) is 0.706. The molecule has 7 heteroatoms. The van der Waals surface area contributed by atoms with Gasteiger partial charge in [0, 0.05) is 5.56 Å². The van der Waals surface area contributed by atoms with Gasteiger partial charge in [0.15, 0.2) is 17.5 Å². The number of carbonyl (C=O) groups is 2. The summed E-state index contributed by atoms with van der Waals surface area (Å²) < 4.78 is 15.0. The SMILES string of the molecule is CCOc1ccc(C(=O)N[C@@H](CO)C(=O)OC)cc1OC. The highest BCUT2D eigenvalue weighted by Crippen LogP contribution is 2.27. The van der Waals surface area contributed by atoms with Crippen LogP contribution in [0.1, 0.15) is 17.3 Å². The predicted molar refractivity (Wildman–Crippen MR) is 74.5 cm³/mol. The van der Waals surface area contributed by atoms with Crippen molar-refractivity contribution in [1.29, 1.82) is 0 Å². The van der Waals surface area contributed by atoms with Gasteiger partial charge in [-0.05, 0) is 25.1 Å². The van der Waals surface area contributed by atoms with Crippen LogP contribution in [0.3, 0.4) is 0 Å². The Kier molecular flexibility index (Phi) is 6.48. The van der Waals surface area contributed by atoms with Crippen molar-refractivity contribution in [2.24, 2.45) is 0 Å². The van der Waals surface area contributed by atoms with E-state index < -0.39 is 24.5 Å². The average molecular weight is 297 g/mol. The van der Waals surface area contributed by atoms with Crippen molar-refractivity contribution >= 4 is 11.9 Å². The lowest BCUT2D eigenvalue weighted by Gasteiger charge is -2.15. The lowest BCUT2D eigenvalue weighted by molar-refractivity contribution is -0.143. The van der Waals surface area contributed by atoms with E-state index in [2.05, 4.69) is 10.1 Å². The van der Waals surface area contributed by atoms with Crippen LogP contribution in [-0.2, 0) is 9.53 Å². The van der Waals surface area contributed by atoms with Gasteiger partial charge >= 0.3 is 5.97 Å². The Bertz CT molecular complexity index is 502. The fourth-order valence-corrected chi connectivity index (χ4v) is 1.65. The van der Waals surface area contributed by atoms with Gasteiger partial charge in [-0.3, -0.25) is 4.79 Å². The van der Waals surface area contributed by atoms with Gasteiger partial charge in [-0.1, -0.05) is 0 Å². The van der Waals surface area contributed by atoms with E-state index in [9.17, 15) is 9.59 Å². The number of aliphatic hydroxyl groups excluding tert-OH is 1. The van der Waals surface area contributed by atoms with E-state index in [4.69, 9.17) is 14.6 Å². The maximum atomic E-state index is 12.0. The van der Waals surface area contributed by atoms with Crippen LogP contribution in [0.4, 0.5) is 0 Å². The summed E-state index contributed by atoms with van der Waals surface area (Å²) in [6.07, 6.45) is 0. The van der Waals surface area contributed by atoms with Crippen LogP contribution < -0.4 is 14.8 Å². The molecule has 0 spiro atoms. The van der Waals surface area contributed by atoms with Crippen molar-refractivity contribution in [1.82, 2.24) is 5.32 Å². The van der Waals surface area contributed by atoms with Gasteiger partial charge in [0.1, 0.15) is 0 Å². The van der Waals surface area contributed by atoms with Crippen LogP contribution in [0.25, 0.3) is 0 Å². The van der Waals surface area contributed by atoms with Crippen molar-refractivity contribution in [3.05, 3.63) is 23.8 Å². The van der Waals surface area contributed by atoms with Crippen molar-refractivity contribution in [3.8, 4) is 11.5 Å². The Morgan fingerprint density at radius 3 is 2.52 bits per heavy atom. The first kappa shape index (κ1) is 16.8. The molecule has 0 heterocycles. The third-order valence-corrected chi connectivity index (χ3v) is 2.70. The number of ether oxygens (including phenoxy) is 3. The second kappa shape index (κ2) is 8.11. The molecule has 0 fully saturated rings. The van der Waals surface area contributed by atoms with Gasteiger partial charge in [0.2, 0.25) is 0 Å². The van der Waals surface area contributed by atoms with Crippen molar-refractivity contribution in [3.63, 3.8) is 0 Å². The summed E-state index contributed by atoms with van der Waals surface area (Å²) in [5.41, 5.74) is 0.276. The molecule has 0 aromatic heterocycles. The minimum atomic E-state index is -1.11. The molecule has 1 amide bonds. The summed E-state index contributed by atoms with van der Waals surface area (Å²) in [5.74, 6) is -0.323. The van der Waals surface area contributed by atoms with Gasteiger partial charge in [-0.15, -0.1) is 0 Å². The zero-order chi connectivity index (χ0) is 15.8. The van der Waals surface area contributed by atoms with E-state index in [1.807, 2.05) is 6.92 Å². The zero-order valence-corrected chi connectivity index (χ0v) is 12.2. The Balaban J connectivity index is 2.89. The van der Waals surface area contributed by atoms with Gasteiger partial charge < -0.3 is 24.6 Å². The number of hydrogen-bond donors (Lipinski definition) is 2. The fraction of sp³-hybridized carbons (Fsp3) is 0.429. The standard InChI is InChI=1S/C14H19NO6/c1-4-21-11-6-5-9(7-12(11)19-2)13(17)15-10(8-16)14(18)20-3/h5-7,10,16H,4,8H2,1-3H3,(H,15,17)/t10-/m0/s1. The fourth-order valence-electron chi connectivity index (χ4n) is 1.65. The Morgan fingerprint density at radius 2 is 2.00 bits per heavy atom. The van der Waals surface area contributed by atoms with Crippen LogP contribution in [0, 0.1) is 0 Å². The molecule has 0 saturated carbocycles. The van der Waals surface area contributed by atoms with Gasteiger partial charge in [0.05, 0.1) is 27.4 Å². The van der Waals surface area contributed by atoms with Gasteiger partial charge in [0.25, 0.3) is 5.91 Å². The van der Waals surface area contributed by atoms with Crippen molar-refractivity contribution < 1.29 is 28.9 Å². The molecule has 0 bridgehead atoms. The number of methoxy groups -OCH3 is 2. The summed E-state index contributed by atoms with van der Waals surface area (Å²) >= 11 is 0. The molecular formula is C14H19NO6. The lowest BCUT2D eigenvalue weighted by Crippen LogP contribution is -2.44. The highest BCUT2D eigenvalue weighted by atomic mass is 16.5. The maximum absolute atomic E-state index is 12.0. The van der Waals surface area contributed by atoms with Crippen LogP contribution in [0.5, 0.6) is 11.5 Å². The third kappa shape index (κ3) is 4.35. The lowest BCUT2D eigenvalue weighted by atomic mass is 10.1. The summed E-state index contributed by atoms with van der Waals surface area (Å²) in [5, 5.41) is 11.5. The number of esters is 1. The molecule has 0 saturated heterocycles. The highest BCUT2D eigenvalue weighted by Gasteiger charge is 2.21. The summed E-state index contributed by atoms with van der Waals surface area (Å²) in [4.78, 5) is 23.4. The molecule has 0 aliphatic heterocycles. The highest BCUT2D eigenvalue weighted by molar-refractivity contribution is 5.97. The van der Waals surface area contributed by atoms with Gasteiger partial charge in [-0.2, -0.15) is 0 Å². The molecule has 7 nitrogen and oxygen atoms in total. The van der Waals surface area contributed by atoms with E-state index >= 15 is 0 Å². The Morgan fingerprint density at radius 1 is 1.29 bits per heavy atom. The summed E-state index contributed by atoms with van der Waals surface area (Å²) in [6, 6.07) is 3.52. The first-order valence-electron chi connectivity index (χ1n) is 6.37. The monoisotopic (exact) mass is 297 g/mol. The van der Waals surface area contributed by atoms with E-state index in [0.29, 0.717) is 18.1 Å². The first-order chi connectivity index (χ1) is 10.1. The maximum Gasteiger partial charge on any atom is 0.330 e. The number of amides is 1. The zero-order valence-electron chi connectivity index (χ0n) is 12.2. The third-order valence-electron chi connectivity index (χ3n) is 2.70. The molecule has 0 aliphatic carbocycles. The molecular weight excluding hydrogens is 278 g/mol. The number of aliphatic hydroxyl groups is 1. The Labute approximate surface area is 122 Å². The molecule has 1 atom stereocenters. The minimum Gasteiger partial charge on any atom is -0.493 e. The predicted octanol–water partition coefficient (Wildman–Crippen LogP) is 0.358. The number of hydrogen-bond acceptors (Lipinski definition) is 6. The van der Waals surface area contributed by atoms with Crippen molar-refractivity contribution in [2.45, 2.75) is 13.0 Å². The molecule has 116 valence electrons. The van der Waals surface area contributed by atoms with Crippen LogP contribution in [0.2, 0.25) is 0 Å². The van der Waals surface area contributed by atoms with Crippen LogP contribution >= 0.6 is 0 Å². The molecule has 21 heavy (non-hydrogen) atoms. The second-order valence-corrected chi connectivity index (χ2v) is 4.03. The average Bonchev–Trinajstić information content (AvgIpc) is 2.52. The van der Waals surface area contributed by atoms with Gasteiger partial charge in [-0.25, -0.2) is 4.79 Å². The van der Waals surface area contributed by atoms with Crippen LogP contribution in [-0.4, -0.2) is 50.5 Å². The van der Waals surface area contributed by atoms with Crippen LogP contribution in [0.15, 0.2) is 18.2 Å². The normalized spacial score (nSPS) is 11.4. The molecule has 0 radical (unpaired) electrons. The smallest absolute Gasteiger partial charge is 0.330 e. The molecule has 0 aliphatic rings. The molecule has 1 aromatic rings. The molecule has 1 aromatic carbocycles. The van der Waals surface area contributed by atoms with E-state index in [1.54, 1.807) is 6.07 Å². The molecule has 2 N–H and O–H groups in total. The Hall–Kier alpha value is -2.28. The first-order valence-corrected chi connectivity index (χ1v) is 6.37. The van der Waals surface area contributed by atoms with E-state index in [0.717, 1.165) is 0 Å². The molecule has 1 rings (SSSR count). The minimum absolute atomic E-state index is 0.276. The number of nitrogens with one attached hydrogen (secondary N) is 1. The number of carbonyl (C=O) groups excluding carboxylic acids is 2. The number of rotatable bonds is 7. The second-order valence-electron chi connectivity index (χ2n) is 4.03. The molecule has 0 unspecified atom stereocenters. The topological polar surface area (TPSA) is 94.1 Å².